The van der Waals surface area contributed by atoms with E-state index in [0.29, 0.717) is 19.6 Å². The van der Waals surface area contributed by atoms with Gasteiger partial charge < -0.3 is 10.6 Å². The zero-order valence-electron chi connectivity index (χ0n) is 14.7. The van der Waals surface area contributed by atoms with Gasteiger partial charge in [0.15, 0.2) is 0 Å². The number of nitrogens with one attached hydrogen (secondary N) is 2. The molecule has 1 saturated heterocycles. The minimum Gasteiger partial charge on any atom is -0.359 e. The molecule has 1 fully saturated rings. The van der Waals surface area contributed by atoms with Crippen molar-refractivity contribution in [3.63, 3.8) is 0 Å². The lowest BCUT2D eigenvalue weighted by molar-refractivity contribution is -0.129. The van der Waals surface area contributed by atoms with E-state index in [9.17, 15) is 14.0 Å². The summed E-state index contributed by atoms with van der Waals surface area (Å²) in [6.45, 7) is 3.54. The standard InChI is InChI=1S/C18H21FN4O2S/c1-11-7-12(19)3-4-14(11)17-18(25)21-5-6-23(17)9-13-10-26-16(22-13)8-15(24)20-2/h3-4,7,10,17H,5-6,8-9H2,1-2H3,(H,20,24)(H,21,25). The van der Waals surface area contributed by atoms with Crippen LogP contribution in [-0.4, -0.2) is 41.8 Å². The van der Waals surface area contributed by atoms with Gasteiger partial charge in [-0.15, -0.1) is 11.3 Å². The van der Waals surface area contributed by atoms with E-state index in [1.165, 1.54) is 23.5 Å². The summed E-state index contributed by atoms with van der Waals surface area (Å²) in [7, 11) is 1.60. The van der Waals surface area contributed by atoms with E-state index in [0.717, 1.165) is 21.8 Å². The number of hydrogen-bond donors (Lipinski definition) is 2. The Kier molecular flexibility index (Phi) is 5.63. The van der Waals surface area contributed by atoms with Crippen LogP contribution in [0.2, 0.25) is 0 Å². The van der Waals surface area contributed by atoms with Crippen LogP contribution < -0.4 is 10.6 Å². The molecule has 2 amide bonds. The van der Waals surface area contributed by atoms with Gasteiger partial charge in [0.05, 0.1) is 12.1 Å². The van der Waals surface area contributed by atoms with Gasteiger partial charge in [0.25, 0.3) is 0 Å². The second kappa shape index (κ2) is 7.92. The van der Waals surface area contributed by atoms with Gasteiger partial charge in [0, 0.05) is 32.1 Å². The number of aromatic nitrogens is 1. The third-order valence-corrected chi connectivity index (χ3v) is 5.29. The smallest absolute Gasteiger partial charge is 0.242 e. The van der Waals surface area contributed by atoms with Crippen LogP contribution in [0.5, 0.6) is 0 Å². The molecular formula is C18H21FN4O2S. The molecule has 1 aliphatic heterocycles. The average molecular weight is 376 g/mol. The normalized spacial score (nSPS) is 17.8. The molecule has 26 heavy (non-hydrogen) atoms. The largest absolute Gasteiger partial charge is 0.359 e. The Morgan fingerprint density at radius 2 is 2.31 bits per heavy atom. The molecule has 0 spiro atoms. The Balaban J connectivity index is 1.80. The fourth-order valence-corrected chi connectivity index (χ4v) is 3.89. The maximum Gasteiger partial charge on any atom is 0.242 e. The number of likely N-dealkylation sites (N-methyl/N-ethyl adjacent to an activating group) is 1. The van der Waals surface area contributed by atoms with Gasteiger partial charge in [-0.2, -0.15) is 0 Å². The molecule has 1 aromatic carbocycles. The SMILES string of the molecule is CNC(=O)Cc1nc(CN2CCNC(=O)C2c2ccc(F)cc2C)cs1. The molecule has 0 radical (unpaired) electrons. The van der Waals surface area contributed by atoms with Gasteiger partial charge in [-0.25, -0.2) is 9.37 Å². The molecule has 1 unspecified atom stereocenters. The summed E-state index contributed by atoms with van der Waals surface area (Å²) < 4.78 is 13.4. The number of amides is 2. The second-order valence-corrected chi connectivity index (χ2v) is 7.19. The van der Waals surface area contributed by atoms with Crippen LogP contribution >= 0.6 is 11.3 Å². The Hall–Kier alpha value is -2.32. The predicted molar refractivity (Wildman–Crippen MR) is 97.2 cm³/mol. The van der Waals surface area contributed by atoms with Crippen LogP contribution in [0.1, 0.15) is 27.9 Å². The first-order valence-electron chi connectivity index (χ1n) is 8.39. The topological polar surface area (TPSA) is 74.3 Å². The predicted octanol–water partition coefficient (Wildman–Crippen LogP) is 1.55. The first-order chi connectivity index (χ1) is 12.5. The Morgan fingerprint density at radius 3 is 3.04 bits per heavy atom. The average Bonchev–Trinajstić information content (AvgIpc) is 3.03. The van der Waals surface area contributed by atoms with E-state index in [1.54, 1.807) is 13.1 Å². The minimum atomic E-state index is -0.478. The molecule has 0 aliphatic carbocycles. The number of thiazole rings is 1. The van der Waals surface area contributed by atoms with Gasteiger partial charge in [-0.1, -0.05) is 6.07 Å². The number of aryl methyl sites for hydroxylation is 1. The monoisotopic (exact) mass is 376 g/mol. The van der Waals surface area contributed by atoms with E-state index in [2.05, 4.69) is 15.6 Å². The van der Waals surface area contributed by atoms with E-state index < -0.39 is 6.04 Å². The number of benzene rings is 1. The van der Waals surface area contributed by atoms with Crippen molar-refractivity contribution in [1.29, 1.82) is 0 Å². The third-order valence-electron chi connectivity index (χ3n) is 4.39. The van der Waals surface area contributed by atoms with Crippen molar-refractivity contribution in [1.82, 2.24) is 20.5 Å². The Bertz CT molecular complexity index is 823. The summed E-state index contributed by atoms with van der Waals surface area (Å²) in [4.78, 5) is 30.5. The summed E-state index contributed by atoms with van der Waals surface area (Å²) >= 11 is 1.44. The number of nitrogens with zero attached hydrogens (tertiary/aromatic N) is 2. The number of carbonyl (C=O) groups excluding carboxylic acids is 2. The van der Waals surface area contributed by atoms with Crippen molar-refractivity contribution in [3.8, 4) is 0 Å². The summed E-state index contributed by atoms with van der Waals surface area (Å²) in [5.41, 5.74) is 2.37. The number of piperazine rings is 1. The van der Waals surface area contributed by atoms with Crippen molar-refractivity contribution in [2.75, 3.05) is 20.1 Å². The maximum atomic E-state index is 13.4. The summed E-state index contributed by atoms with van der Waals surface area (Å²) in [6, 6.07) is 4.02. The third kappa shape index (κ3) is 4.08. The quantitative estimate of drug-likeness (QED) is 0.830. The van der Waals surface area contributed by atoms with Gasteiger partial charge >= 0.3 is 0 Å². The zero-order chi connectivity index (χ0) is 18.7. The molecule has 2 N–H and O–H groups in total. The van der Waals surface area contributed by atoms with Crippen LogP contribution in [0.3, 0.4) is 0 Å². The van der Waals surface area contributed by atoms with Crippen LogP contribution in [-0.2, 0) is 22.6 Å². The van der Waals surface area contributed by atoms with E-state index in [1.807, 2.05) is 17.2 Å². The lowest BCUT2D eigenvalue weighted by atomic mass is 9.97. The van der Waals surface area contributed by atoms with Gasteiger partial charge in [0.1, 0.15) is 16.9 Å². The maximum absolute atomic E-state index is 13.4. The number of hydrogen-bond acceptors (Lipinski definition) is 5. The van der Waals surface area contributed by atoms with Gasteiger partial charge in [0.2, 0.25) is 11.8 Å². The van der Waals surface area contributed by atoms with E-state index in [-0.39, 0.29) is 24.1 Å². The highest BCUT2D eigenvalue weighted by Crippen LogP contribution is 2.28. The highest BCUT2D eigenvalue weighted by molar-refractivity contribution is 7.09. The van der Waals surface area contributed by atoms with Gasteiger partial charge in [-0.3, -0.25) is 14.5 Å². The molecule has 0 bridgehead atoms. The lowest BCUT2D eigenvalue weighted by Crippen LogP contribution is -2.49. The fraction of sp³-hybridized carbons (Fsp3) is 0.389. The molecule has 2 aromatic rings. The minimum absolute atomic E-state index is 0.0805. The fourth-order valence-electron chi connectivity index (χ4n) is 3.11. The summed E-state index contributed by atoms with van der Waals surface area (Å²) in [6.07, 6.45) is 0.252. The van der Waals surface area contributed by atoms with Crippen molar-refractivity contribution in [3.05, 3.63) is 51.2 Å². The Labute approximate surface area is 155 Å². The molecular weight excluding hydrogens is 355 g/mol. The molecule has 2 heterocycles. The zero-order valence-corrected chi connectivity index (χ0v) is 15.5. The van der Waals surface area contributed by atoms with Crippen molar-refractivity contribution < 1.29 is 14.0 Å². The first kappa shape index (κ1) is 18.5. The molecule has 1 atom stereocenters. The van der Waals surface area contributed by atoms with E-state index in [4.69, 9.17) is 0 Å². The van der Waals surface area contributed by atoms with Crippen LogP contribution in [0, 0.1) is 12.7 Å². The molecule has 1 aliphatic rings. The number of halogens is 1. The van der Waals surface area contributed by atoms with Crippen LogP contribution in [0.4, 0.5) is 4.39 Å². The first-order valence-corrected chi connectivity index (χ1v) is 9.27. The molecule has 1 aromatic heterocycles. The number of rotatable bonds is 5. The molecule has 8 heteroatoms. The molecule has 6 nitrogen and oxygen atoms in total. The summed E-state index contributed by atoms with van der Waals surface area (Å²) in [5, 5.41) is 8.13. The van der Waals surface area contributed by atoms with Crippen LogP contribution in [0.25, 0.3) is 0 Å². The number of carbonyl (C=O) groups is 2. The van der Waals surface area contributed by atoms with E-state index >= 15 is 0 Å². The van der Waals surface area contributed by atoms with Crippen molar-refractivity contribution in [2.45, 2.75) is 25.9 Å². The van der Waals surface area contributed by atoms with Crippen LogP contribution in [0.15, 0.2) is 23.6 Å². The van der Waals surface area contributed by atoms with Gasteiger partial charge in [-0.05, 0) is 30.2 Å². The van der Waals surface area contributed by atoms with Crippen molar-refractivity contribution in [2.24, 2.45) is 0 Å². The molecule has 138 valence electrons. The summed E-state index contributed by atoms with van der Waals surface area (Å²) in [5.74, 6) is -0.484. The highest BCUT2D eigenvalue weighted by atomic mass is 32.1. The lowest BCUT2D eigenvalue weighted by Gasteiger charge is -2.35. The Morgan fingerprint density at radius 1 is 1.50 bits per heavy atom. The highest BCUT2D eigenvalue weighted by Gasteiger charge is 2.32. The second-order valence-electron chi connectivity index (χ2n) is 6.25. The molecule has 0 saturated carbocycles. The molecule has 3 rings (SSSR count). The van der Waals surface area contributed by atoms with Crippen molar-refractivity contribution >= 4 is 23.2 Å².